The summed E-state index contributed by atoms with van der Waals surface area (Å²) >= 11 is 5.90. The number of hydrogen-bond donors (Lipinski definition) is 1. The van der Waals surface area contributed by atoms with E-state index < -0.39 is 5.69 Å². The Bertz CT molecular complexity index is 731. The van der Waals surface area contributed by atoms with Gasteiger partial charge in [0, 0.05) is 36.4 Å². The Morgan fingerprint density at radius 2 is 1.78 bits per heavy atom. The first-order valence-corrected chi connectivity index (χ1v) is 5.62. The van der Waals surface area contributed by atoms with Crippen molar-refractivity contribution in [2.75, 3.05) is 5.73 Å². The number of anilines is 1. The highest BCUT2D eigenvalue weighted by molar-refractivity contribution is 6.31. The summed E-state index contributed by atoms with van der Waals surface area (Å²) in [7, 11) is 3.01. The van der Waals surface area contributed by atoms with E-state index in [9.17, 15) is 9.59 Å². The fourth-order valence-corrected chi connectivity index (χ4v) is 1.91. The van der Waals surface area contributed by atoms with Gasteiger partial charge in [-0.1, -0.05) is 11.6 Å². The lowest BCUT2D eigenvalue weighted by molar-refractivity contribution is 0.692. The molecule has 0 spiro atoms. The molecule has 0 bridgehead atoms. The van der Waals surface area contributed by atoms with E-state index in [1.807, 2.05) is 0 Å². The Hall–Kier alpha value is -2.01. The highest BCUT2D eigenvalue weighted by Crippen LogP contribution is 2.26. The molecule has 0 aliphatic rings. The second-order valence-electron chi connectivity index (χ2n) is 4.00. The van der Waals surface area contributed by atoms with Gasteiger partial charge in [-0.3, -0.25) is 13.9 Å². The number of nitrogens with zero attached hydrogens (tertiary/aromatic N) is 2. The highest BCUT2D eigenvalue weighted by Gasteiger charge is 2.11. The van der Waals surface area contributed by atoms with Crippen molar-refractivity contribution in [3.8, 4) is 11.3 Å². The smallest absolute Gasteiger partial charge is 0.330 e. The predicted molar refractivity (Wildman–Crippen MR) is 71.8 cm³/mol. The number of nitrogen functional groups attached to an aromatic ring is 1. The van der Waals surface area contributed by atoms with Crippen molar-refractivity contribution in [3.63, 3.8) is 0 Å². The van der Waals surface area contributed by atoms with Gasteiger partial charge >= 0.3 is 5.69 Å². The molecular weight excluding hydrogens is 254 g/mol. The minimum absolute atomic E-state index is 0.382. The van der Waals surface area contributed by atoms with Crippen molar-refractivity contribution in [2.24, 2.45) is 14.1 Å². The second kappa shape index (κ2) is 4.34. The third-order valence-corrected chi connectivity index (χ3v) is 3.05. The quantitative estimate of drug-likeness (QED) is 0.782. The fraction of sp³-hybridized carbons (Fsp3) is 0.167. The van der Waals surface area contributed by atoms with E-state index >= 15 is 0 Å². The lowest BCUT2D eigenvalue weighted by Gasteiger charge is -2.11. The standard InChI is InChI=1S/C12H12ClN3O2/c1-15-10(6-11(17)16(2)12(15)18)8-5-7(13)3-4-9(8)14/h3-6H,14H2,1-2H3. The van der Waals surface area contributed by atoms with Gasteiger partial charge in [-0.2, -0.15) is 0 Å². The zero-order chi connectivity index (χ0) is 13.4. The third-order valence-electron chi connectivity index (χ3n) is 2.82. The first-order valence-electron chi connectivity index (χ1n) is 5.24. The molecular formula is C12H12ClN3O2. The molecule has 2 N–H and O–H groups in total. The van der Waals surface area contributed by atoms with Crippen LogP contribution in [0.1, 0.15) is 0 Å². The molecule has 0 unspecified atom stereocenters. The van der Waals surface area contributed by atoms with Gasteiger partial charge in [-0.25, -0.2) is 4.79 Å². The van der Waals surface area contributed by atoms with Gasteiger partial charge in [-0.15, -0.1) is 0 Å². The number of rotatable bonds is 1. The molecule has 6 heteroatoms. The molecule has 0 saturated carbocycles. The van der Waals surface area contributed by atoms with Crippen molar-refractivity contribution in [1.82, 2.24) is 9.13 Å². The van der Waals surface area contributed by atoms with Crippen molar-refractivity contribution < 1.29 is 0 Å². The zero-order valence-electron chi connectivity index (χ0n) is 9.98. The minimum atomic E-state index is -0.406. The third kappa shape index (κ3) is 1.93. The first kappa shape index (κ1) is 12.4. The maximum atomic E-state index is 11.8. The topological polar surface area (TPSA) is 70.0 Å². The Balaban J connectivity index is 2.84. The van der Waals surface area contributed by atoms with Crippen molar-refractivity contribution in [3.05, 3.63) is 50.1 Å². The van der Waals surface area contributed by atoms with Crippen LogP contribution in [0.4, 0.5) is 5.69 Å². The summed E-state index contributed by atoms with van der Waals surface area (Å²) < 4.78 is 2.40. The number of benzene rings is 1. The molecule has 1 heterocycles. The van der Waals surface area contributed by atoms with Crippen LogP contribution in [0.3, 0.4) is 0 Å². The molecule has 5 nitrogen and oxygen atoms in total. The van der Waals surface area contributed by atoms with E-state index in [0.717, 1.165) is 4.57 Å². The van der Waals surface area contributed by atoms with E-state index in [-0.39, 0.29) is 5.56 Å². The molecule has 0 aliphatic heterocycles. The van der Waals surface area contributed by atoms with Crippen LogP contribution in [0.2, 0.25) is 5.02 Å². The summed E-state index contributed by atoms with van der Waals surface area (Å²) in [6, 6.07) is 6.29. The summed E-state index contributed by atoms with van der Waals surface area (Å²) in [5.41, 5.74) is 6.54. The molecule has 0 fully saturated rings. The number of hydrogen-bond acceptors (Lipinski definition) is 3. The van der Waals surface area contributed by atoms with E-state index in [1.54, 1.807) is 25.2 Å². The Morgan fingerprint density at radius 3 is 2.44 bits per heavy atom. The molecule has 18 heavy (non-hydrogen) atoms. The van der Waals surface area contributed by atoms with Crippen LogP contribution in [0.5, 0.6) is 0 Å². The SMILES string of the molecule is Cn1c(-c2cc(Cl)ccc2N)cc(=O)n(C)c1=O. The van der Waals surface area contributed by atoms with Crippen molar-refractivity contribution >= 4 is 17.3 Å². The van der Waals surface area contributed by atoms with Crippen LogP contribution in [0.15, 0.2) is 33.9 Å². The Morgan fingerprint density at radius 1 is 1.11 bits per heavy atom. The lowest BCUT2D eigenvalue weighted by Crippen LogP contribution is -2.37. The van der Waals surface area contributed by atoms with E-state index in [2.05, 4.69) is 0 Å². The summed E-state index contributed by atoms with van der Waals surface area (Å²) in [5, 5.41) is 0.493. The number of halogens is 1. The first-order chi connectivity index (χ1) is 8.41. The fourth-order valence-electron chi connectivity index (χ4n) is 1.74. The Kier molecular flexibility index (Phi) is 3.00. The van der Waals surface area contributed by atoms with Crippen LogP contribution in [-0.2, 0) is 14.1 Å². The zero-order valence-corrected chi connectivity index (χ0v) is 10.7. The molecule has 0 atom stereocenters. The molecule has 2 rings (SSSR count). The van der Waals surface area contributed by atoms with Gasteiger partial charge in [0.15, 0.2) is 0 Å². The predicted octanol–water partition coefficient (Wildman–Crippen LogP) is 0.987. The molecule has 0 amide bonds. The van der Waals surface area contributed by atoms with Crippen LogP contribution in [0, 0.1) is 0 Å². The normalized spacial score (nSPS) is 10.6. The minimum Gasteiger partial charge on any atom is -0.398 e. The van der Waals surface area contributed by atoms with Gasteiger partial charge in [0.25, 0.3) is 5.56 Å². The summed E-state index contributed by atoms with van der Waals surface area (Å²) in [5.74, 6) is 0. The molecule has 94 valence electrons. The molecule has 0 saturated heterocycles. The second-order valence-corrected chi connectivity index (χ2v) is 4.44. The number of aromatic nitrogens is 2. The van der Waals surface area contributed by atoms with Gasteiger partial charge < -0.3 is 5.73 Å². The molecule has 0 aliphatic carbocycles. The van der Waals surface area contributed by atoms with E-state index in [1.165, 1.54) is 17.7 Å². The van der Waals surface area contributed by atoms with Gasteiger partial charge in [0.05, 0.1) is 5.69 Å². The summed E-state index contributed by atoms with van der Waals surface area (Å²) in [6.45, 7) is 0. The van der Waals surface area contributed by atoms with Gasteiger partial charge in [-0.05, 0) is 18.2 Å². The van der Waals surface area contributed by atoms with Crippen molar-refractivity contribution in [2.45, 2.75) is 0 Å². The highest BCUT2D eigenvalue weighted by atomic mass is 35.5. The largest absolute Gasteiger partial charge is 0.398 e. The maximum Gasteiger partial charge on any atom is 0.330 e. The maximum absolute atomic E-state index is 11.8. The molecule has 1 aromatic heterocycles. The van der Waals surface area contributed by atoms with E-state index in [0.29, 0.717) is 22.0 Å². The lowest BCUT2D eigenvalue weighted by atomic mass is 10.1. The Labute approximate surface area is 108 Å². The van der Waals surface area contributed by atoms with Crippen LogP contribution < -0.4 is 17.0 Å². The van der Waals surface area contributed by atoms with Crippen molar-refractivity contribution in [1.29, 1.82) is 0 Å². The van der Waals surface area contributed by atoms with Gasteiger partial charge in [0.2, 0.25) is 0 Å². The average Bonchev–Trinajstić information content (AvgIpc) is 2.34. The van der Waals surface area contributed by atoms with Crippen LogP contribution in [0.25, 0.3) is 11.3 Å². The monoisotopic (exact) mass is 265 g/mol. The number of nitrogens with two attached hydrogens (primary N) is 1. The molecule has 0 radical (unpaired) electrons. The summed E-state index contributed by atoms with van der Waals surface area (Å²) in [4.78, 5) is 23.5. The van der Waals surface area contributed by atoms with Crippen LogP contribution >= 0.6 is 11.6 Å². The molecule has 1 aromatic carbocycles. The van der Waals surface area contributed by atoms with Gasteiger partial charge in [0.1, 0.15) is 0 Å². The van der Waals surface area contributed by atoms with Crippen LogP contribution in [-0.4, -0.2) is 9.13 Å². The van der Waals surface area contributed by atoms with E-state index in [4.69, 9.17) is 17.3 Å². The molecule has 2 aromatic rings. The average molecular weight is 266 g/mol. The summed E-state index contributed by atoms with van der Waals surface area (Å²) in [6.07, 6.45) is 0.